The number of rotatable bonds is 5. The van der Waals surface area contributed by atoms with Gasteiger partial charge in [0.15, 0.2) is 8.32 Å². The van der Waals surface area contributed by atoms with Crippen molar-refractivity contribution in [2.24, 2.45) is 5.11 Å². The molecule has 0 spiro atoms. The Kier molecular flexibility index (Phi) is 5.11. The second-order valence-electron chi connectivity index (χ2n) is 6.14. The Hall–Kier alpha value is -1.36. The van der Waals surface area contributed by atoms with Crippen molar-refractivity contribution in [3.8, 4) is 0 Å². The smallest absolute Gasteiger partial charge is 0.192 e. The highest BCUT2D eigenvalue weighted by atomic mass is 28.4. The van der Waals surface area contributed by atoms with E-state index in [0.717, 1.165) is 11.1 Å². The Bertz CT molecular complexity index is 476. The number of hydrogen-bond acceptors (Lipinski definition) is 3. The maximum absolute atomic E-state index is 8.32. The lowest BCUT2D eigenvalue weighted by Gasteiger charge is -2.36. The molecule has 0 aliphatic heterocycles. The van der Waals surface area contributed by atoms with Crippen molar-refractivity contribution in [1.82, 2.24) is 4.98 Å². The summed E-state index contributed by atoms with van der Waals surface area (Å²) in [5, 5.41) is 3.74. The standard InChI is InChI=1S/C13H22N4OSi/c1-13(2,3)19(4,5)18-10-12-6-11(7-15-8-12)9-16-17-14/h6-8H,9-10H2,1-5H3. The SMILES string of the molecule is CC(C)(C)[Si](C)(C)OCc1cncc(CN=[N+]=[N-])c1. The summed E-state index contributed by atoms with van der Waals surface area (Å²) in [4.78, 5) is 6.90. The quantitative estimate of drug-likeness (QED) is 0.346. The van der Waals surface area contributed by atoms with E-state index in [4.69, 9.17) is 9.96 Å². The molecule has 0 N–H and O–H groups in total. The average Bonchev–Trinajstić information content (AvgIpc) is 2.33. The van der Waals surface area contributed by atoms with Gasteiger partial charge in [-0.2, -0.15) is 0 Å². The lowest BCUT2D eigenvalue weighted by atomic mass is 10.2. The fourth-order valence-corrected chi connectivity index (χ4v) is 2.26. The molecule has 0 unspecified atom stereocenters. The second-order valence-corrected chi connectivity index (χ2v) is 10.9. The molecule has 0 atom stereocenters. The molecule has 0 saturated heterocycles. The maximum Gasteiger partial charge on any atom is 0.192 e. The third kappa shape index (κ3) is 4.67. The van der Waals surface area contributed by atoms with Gasteiger partial charge in [-0.25, -0.2) is 0 Å². The van der Waals surface area contributed by atoms with E-state index < -0.39 is 8.32 Å². The van der Waals surface area contributed by atoms with Crippen molar-refractivity contribution in [2.45, 2.75) is 52.1 Å². The van der Waals surface area contributed by atoms with Gasteiger partial charge in [0.25, 0.3) is 0 Å². The van der Waals surface area contributed by atoms with Crippen LogP contribution in [0.4, 0.5) is 0 Å². The normalized spacial score (nSPS) is 12.1. The fraction of sp³-hybridized carbons (Fsp3) is 0.615. The van der Waals surface area contributed by atoms with Crippen LogP contribution < -0.4 is 0 Å². The minimum Gasteiger partial charge on any atom is -0.413 e. The van der Waals surface area contributed by atoms with Crippen molar-refractivity contribution < 1.29 is 4.43 Å². The second kappa shape index (κ2) is 6.19. The summed E-state index contributed by atoms with van der Waals surface area (Å²) in [5.41, 5.74) is 10.3. The number of hydrogen-bond donors (Lipinski definition) is 0. The molecule has 1 aromatic rings. The van der Waals surface area contributed by atoms with Crippen LogP contribution in [-0.4, -0.2) is 13.3 Å². The highest BCUT2D eigenvalue weighted by molar-refractivity contribution is 6.74. The predicted octanol–water partition coefficient (Wildman–Crippen LogP) is 4.41. The van der Waals surface area contributed by atoms with E-state index in [2.05, 4.69) is 48.9 Å². The van der Waals surface area contributed by atoms with Crippen molar-refractivity contribution in [2.75, 3.05) is 0 Å². The molecular formula is C13H22N4OSi. The van der Waals surface area contributed by atoms with Crippen LogP contribution in [-0.2, 0) is 17.6 Å². The minimum atomic E-state index is -1.74. The van der Waals surface area contributed by atoms with Crippen molar-refractivity contribution in [3.63, 3.8) is 0 Å². The molecule has 0 aromatic carbocycles. The van der Waals surface area contributed by atoms with Gasteiger partial charge in [0.05, 0.1) is 13.2 Å². The largest absolute Gasteiger partial charge is 0.413 e. The van der Waals surface area contributed by atoms with Crippen molar-refractivity contribution >= 4 is 8.32 Å². The van der Waals surface area contributed by atoms with Gasteiger partial charge in [0.2, 0.25) is 0 Å². The van der Waals surface area contributed by atoms with Crippen LogP contribution in [0.25, 0.3) is 10.4 Å². The zero-order valence-electron chi connectivity index (χ0n) is 12.3. The Labute approximate surface area is 115 Å². The Morgan fingerprint density at radius 2 is 1.95 bits per heavy atom. The van der Waals surface area contributed by atoms with Gasteiger partial charge in [-0.3, -0.25) is 4.98 Å². The molecule has 0 fully saturated rings. The first-order chi connectivity index (χ1) is 8.76. The molecule has 1 rings (SSSR count). The van der Waals surface area contributed by atoms with Gasteiger partial charge in [0.1, 0.15) is 0 Å². The Balaban J connectivity index is 2.70. The fourth-order valence-electron chi connectivity index (χ4n) is 1.30. The number of nitrogens with zero attached hydrogens (tertiary/aromatic N) is 4. The zero-order chi connectivity index (χ0) is 14.5. The molecule has 1 heterocycles. The van der Waals surface area contributed by atoms with Gasteiger partial charge >= 0.3 is 0 Å². The van der Waals surface area contributed by atoms with Crippen LogP contribution in [0.5, 0.6) is 0 Å². The first-order valence-electron chi connectivity index (χ1n) is 6.34. The lowest BCUT2D eigenvalue weighted by Crippen LogP contribution is -2.40. The summed E-state index contributed by atoms with van der Waals surface area (Å²) < 4.78 is 6.13. The molecule has 0 amide bonds. The first-order valence-corrected chi connectivity index (χ1v) is 9.25. The molecule has 5 nitrogen and oxygen atoms in total. The van der Waals surface area contributed by atoms with Crippen LogP contribution in [0.2, 0.25) is 18.1 Å². The molecule has 0 aliphatic rings. The monoisotopic (exact) mass is 278 g/mol. The number of aromatic nitrogens is 1. The topological polar surface area (TPSA) is 70.9 Å². The zero-order valence-corrected chi connectivity index (χ0v) is 13.3. The van der Waals surface area contributed by atoms with E-state index >= 15 is 0 Å². The summed E-state index contributed by atoms with van der Waals surface area (Å²) in [6.45, 7) is 12.0. The van der Waals surface area contributed by atoms with Gasteiger partial charge in [-0.15, -0.1) is 0 Å². The number of azide groups is 1. The summed E-state index contributed by atoms with van der Waals surface area (Å²) in [6.07, 6.45) is 3.51. The van der Waals surface area contributed by atoms with E-state index in [1.807, 2.05) is 6.07 Å². The summed E-state index contributed by atoms with van der Waals surface area (Å²) in [7, 11) is -1.74. The van der Waals surface area contributed by atoms with Crippen LogP contribution in [0.1, 0.15) is 31.9 Å². The Morgan fingerprint density at radius 1 is 1.32 bits per heavy atom. The predicted molar refractivity (Wildman–Crippen MR) is 79.1 cm³/mol. The summed E-state index contributed by atoms with van der Waals surface area (Å²) >= 11 is 0. The average molecular weight is 278 g/mol. The summed E-state index contributed by atoms with van der Waals surface area (Å²) in [6, 6.07) is 1.98. The van der Waals surface area contributed by atoms with Crippen LogP contribution in [0.15, 0.2) is 23.6 Å². The molecule has 19 heavy (non-hydrogen) atoms. The van der Waals surface area contributed by atoms with Crippen LogP contribution in [0.3, 0.4) is 0 Å². The molecule has 0 aliphatic carbocycles. The molecule has 104 valence electrons. The molecular weight excluding hydrogens is 256 g/mol. The molecule has 0 bridgehead atoms. The molecule has 0 radical (unpaired) electrons. The van der Waals surface area contributed by atoms with Gasteiger partial charge in [-0.05, 0) is 34.8 Å². The highest BCUT2D eigenvalue weighted by Crippen LogP contribution is 2.37. The van der Waals surface area contributed by atoms with Crippen molar-refractivity contribution in [3.05, 3.63) is 40.0 Å². The van der Waals surface area contributed by atoms with Crippen LogP contribution in [0, 0.1) is 0 Å². The van der Waals surface area contributed by atoms with E-state index in [0.29, 0.717) is 13.2 Å². The third-order valence-electron chi connectivity index (χ3n) is 3.57. The highest BCUT2D eigenvalue weighted by Gasteiger charge is 2.36. The van der Waals surface area contributed by atoms with Gasteiger partial charge < -0.3 is 4.43 Å². The summed E-state index contributed by atoms with van der Waals surface area (Å²) in [5.74, 6) is 0. The maximum atomic E-state index is 8.32. The lowest BCUT2D eigenvalue weighted by molar-refractivity contribution is 0.276. The van der Waals surface area contributed by atoms with Crippen molar-refractivity contribution in [1.29, 1.82) is 0 Å². The Morgan fingerprint density at radius 3 is 2.53 bits per heavy atom. The van der Waals surface area contributed by atoms with Gasteiger partial charge in [-0.1, -0.05) is 32.0 Å². The third-order valence-corrected chi connectivity index (χ3v) is 8.05. The van der Waals surface area contributed by atoms with E-state index in [-0.39, 0.29) is 5.04 Å². The molecule has 6 heteroatoms. The van der Waals surface area contributed by atoms with E-state index in [9.17, 15) is 0 Å². The van der Waals surface area contributed by atoms with Gasteiger partial charge in [0, 0.05) is 17.3 Å². The van der Waals surface area contributed by atoms with E-state index in [1.54, 1.807) is 12.4 Å². The van der Waals surface area contributed by atoms with E-state index in [1.165, 1.54) is 0 Å². The molecule has 1 aromatic heterocycles. The van der Waals surface area contributed by atoms with Crippen LogP contribution >= 0.6 is 0 Å². The molecule has 0 saturated carbocycles. The first kappa shape index (κ1) is 15.7. The number of pyridine rings is 1. The minimum absolute atomic E-state index is 0.198.